The van der Waals surface area contributed by atoms with Gasteiger partial charge in [0, 0.05) is 18.0 Å². The van der Waals surface area contributed by atoms with E-state index in [4.69, 9.17) is 5.73 Å². The maximum atomic E-state index is 12.6. The number of carbonyl (C=O) groups is 1. The topological polar surface area (TPSA) is 46.3 Å². The Morgan fingerprint density at radius 3 is 2.17 bits per heavy atom. The zero-order valence-electron chi connectivity index (χ0n) is 12.4. The van der Waals surface area contributed by atoms with Gasteiger partial charge in [-0.2, -0.15) is 0 Å². The van der Waals surface area contributed by atoms with Crippen LogP contribution in [0.2, 0.25) is 0 Å². The number of hydrogen-bond acceptors (Lipinski definition) is 2. The molecule has 3 nitrogen and oxygen atoms in total. The summed E-state index contributed by atoms with van der Waals surface area (Å²) < 4.78 is 0. The Morgan fingerprint density at radius 2 is 1.72 bits per heavy atom. The highest BCUT2D eigenvalue weighted by atomic mass is 16.2. The fourth-order valence-electron chi connectivity index (χ4n) is 2.71. The molecule has 1 fully saturated rings. The molecule has 0 aliphatic heterocycles. The van der Waals surface area contributed by atoms with Gasteiger partial charge < -0.3 is 10.6 Å². The molecule has 0 aromatic heterocycles. The number of nitrogens with zero attached hydrogens (tertiary/aromatic N) is 1. The molecule has 18 heavy (non-hydrogen) atoms. The van der Waals surface area contributed by atoms with Gasteiger partial charge >= 0.3 is 0 Å². The van der Waals surface area contributed by atoms with E-state index in [1.165, 1.54) is 38.5 Å². The monoisotopic (exact) mass is 254 g/mol. The predicted octanol–water partition coefficient (Wildman–Crippen LogP) is 2.93. The molecule has 0 aromatic rings. The zero-order valence-corrected chi connectivity index (χ0v) is 12.4. The summed E-state index contributed by atoms with van der Waals surface area (Å²) in [6.07, 6.45) is 8.44. The highest BCUT2D eigenvalue weighted by Crippen LogP contribution is 2.26. The van der Waals surface area contributed by atoms with E-state index in [1.54, 1.807) is 0 Å². The van der Waals surface area contributed by atoms with Crippen molar-refractivity contribution in [2.45, 2.75) is 71.8 Å². The Bertz CT molecular complexity index is 250. The van der Waals surface area contributed by atoms with Crippen LogP contribution in [0.15, 0.2) is 0 Å². The number of amides is 1. The van der Waals surface area contributed by atoms with Gasteiger partial charge in [0.25, 0.3) is 0 Å². The second kappa shape index (κ2) is 7.13. The second-order valence-corrected chi connectivity index (χ2v) is 6.54. The molecular formula is C15H30N2O. The molecule has 0 saturated heterocycles. The van der Waals surface area contributed by atoms with E-state index in [0.29, 0.717) is 18.5 Å². The van der Waals surface area contributed by atoms with Crippen LogP contribution in [0, 0.1) is 5.41 Å². The van der Waals surface area contributed by atoms with Gasteiger partial charge in [-0.3, -0.25) is 4.79 Å². The third-order valence-corrected chi connectivity index (χ3v) is 3.77. The van der Waals surface area contributed by atoms with Crippen LogP contribution >= 0.6 is 0 Å². The van der Waals surface area contributed by atoms with Crippen LogP contribution in [0.25, 0.3) is 0 Å². The normalized spacial score (nSPS) is 18.4. The number of hydrogen-bond donors (Lipinski definition) is 1. The highest BCUT2D eigenvalue weighted by Gasteiger charge is 2.31. The molecule has 0 radical (unpaired) electrons. The molecule has 1 saturated carbocycles. The van der Waals surface area contributed by atoms with Crippen molar-refractivity contribution in [1.29, 1.82) is 0 Å². The van der Waals surface area contributed by atoms with Crippen LogP contribution < -0.4 is 5.73 Å². The van der Waals surface area contributed by atoms with Crippen LogP contribution in [-0.2, 0) is 4.79 Å². The smallest absolute Gasteiger partial charge is 0.228 e. The summed E-state index contributed by atoms with van der Waals surface area (Å²) >= 11 is 0. The van der Waals surface area contributed by atoms with Crippen molar-refractivity contribution >= 4 is 5.91 Å². The molecule has 0 spiro atoms. The fraction of sp³-hybridized carbons (Fsp3) is 0.933. The summed E-state index contributed by atoms with van der Waals surface area (Å²) in [6, 6.07) is 0.450. The van der Waals surface area contributed by atoms with Crippen molar-refractivity contribution in [3.05, 3.63) is 0 Å². The van der Waals surface area contributed by atoms with Gasteiger partial charge in [0.2, 0.25) is 5.91 Å². The molecule has 3 heteroatoms. The lowest BCUT2D eigenvalue weighted by molar-refractivity contribution is -0.142. The van der Waals surface area contributed by atoms with Gasteiger partial charge in [0.15, 0.2) is 0 Å². The third kappa shape index (κ3) is 4.60. The standard InChI is InChI=1S/C15H30N2O/c1-15(2,3)14(18)17(12-8-11-16)13-9-6-4-5-7-10-13/h13H,4-12,16H2,1-3H3. The molecule has 1 aliphatic rings. The van der Waals surface area contributed by atoms with Gasteiger partial charge in [0.05, 0.1) is 0 Å². The summed E-state index contributed by atoms with van der Waals surface area (Å²) in [6.45, 7) is 7.54. The first-order valence-corrected chi connectivity index (χ1v) is 7.48. The van der Waals surface area contributed by atoms with E-state index in [-0.39, 0.29) is 5.41 Å². The van der Waals surface area contributed by atoms with Crippen molar-refractivity contribution < 1.29 is 4.79 Å². The lowest BCUT2D eigenvalue weighted by Gasteiger charge is -2.36. The molecule has 2 N–H and O–H groups in total. The number of carbonyl (C=O) groups excluding carboxylic acids is 1. The minimum absolute atomic E-state index is 0.277. The molecule has 1 amide bonds. The van der Waals surface area contributed by atoms with Gasteiger partial charge in [0.1, 0.15) is 0 Å². The SMILES string of the molecule is CC(C)(C)C(=O)N(CCCN)C1CCCCCC1. The molecule has 0 bridgehead atoms. The second-order valence-electron chi connectivity index (χ2n) is 6.54. The van der Waals surface area contributed by atoms with Crippen molar-refractivity contribution in [2.75, 3.05) is 13.1 Å². The molecule has 0 unspecified atom stereocenters. The van der Waals surface area contributed by atoms with E-state index in [0.717, 1.165) is 13.0 Å². The van der Waals surface area contributed by atoms with Crippen molar-refractivity contribution in [3.63, 3.8) is 0 Å². The molecule has 106 valence electrons. The number of nitrogens with two attached hydrogens (primary N) is 1. The molecule has 0 atom stereocenters. The van der Waals surface area contributed by atoms with Crippen molar-refractivity contribution in [2.24, 2.45) is 11.1 Å². The van der Waals surface area contributed by atoms with E-state index in [2.05, 4.69) is 4.90 Å². The lowest BCUT2D eigenvalue weighted by atomic mass is 9.92. The van der Waals surface area contributed by atoms with E-state index < -0.39 is 0 Å². The minimum Gasteiger partial charge on any atom is -0.339 e. The highest BCUT2D eigenvalue weighted by molar-refractivity contribution is 5.81. The summed E-state index contributed by atoms with van der Waals surface area (Å²) in [5.41, 5.74) is 5.33. The quantitative estimate of drug-likeness (QED) is 0.784. The summed E-state index contributed by atoms with van der Waals surface area (Å²) in [4.78, 5) is 14.7. The third-order valence-electron chi connectivity index (χ3n) is 3.77. The maximum Gasteiger partial charge on any atom is 0.228 e. The molecular weight excluding hydrogens is 224 g/mol. The first-order chi connectivity index (χ1) is 8.46. The Labute approximate surface area is 112 Å². The Kier molecular flexibility index (Phi) is 6.13. The Balaban J connectivity index is 2.72. The summed E-state index contributed by atoms with van der Waals surface area (Å²) in [5.74, 6) is 0.294. The molecule has 1 aliphatic carbocycles. The molecule has 0 aromatic carbocycles. The zero-order chi connectivity index (χ0) is 13.6. The van der Waals surface area contributed by atoms with Crippen molar-refractivity contribution in [1.82, 2.24) is 4.90 Å². The van der Waals surface area contributed by atoms with Gasteiger partial charge in [-0.15, -0.1) is 0 Å². The number of rotatable bonds is 4. The summed E-state index contributed by atoms with van der Waals surface area (Å²) in [5, 5.41) is 0. The van der Waals surface area contributed by atoms with E-state index in [1.807, 2.05) is 20.8 Å². The lowest BCUT2D eigenvalue weighted by Crippen LogP contribution is -2.46. The van der Waals surface area contributed by atoms with E-state index in [9.17, 15) is 4.79 Å². The largest absolute Gasteiger partial charge is 0.339 e. The first-order valence-electron chi connectivity index (χ1n) is 7.48. The van der Waals surface area contributed by atoms with Crippen LogP contribution in [0.3, 0.4) is 0 Å². The summed E-state index contributed by atoms with van der Waals surface area (Å²) in [7, 11) is 0. The van der Waals surface area contributed by atoms with Gasteiger partial charge in [-0.05, 0) is 25.8 Å². The van der Waals surface area contributed by atoms with Gasteiger partial charge in [-0.25, -0.2) is 0 Å². The average molecular weight is 254 g/mol. The predicted molar refractivity (Wildman–Crippen MR) is 76.3 cm³/mol. The van der Waals surface area contributed by atoms with Crippen LogP contribution in [0.5, 0.6) is 0 Å². The van der Waals surface area contributed by atoms with Gasteiger partial charge in [-0.1, -0.05) is 46.5 Å². The van der Waals surface area contributed by atoms with Crippen LogP contribution in [0.1, 0.15) is 65.7 Å². The van der Waals surface area contributed by atoms with E-state index >= 15 is 0 Å². The van der Waals surface area contributed by atoms with Crippen LogP contribution in [0.4, 0.5) is 0 Å². The van der Waals surface area contributed by atoms with Crippen LogP contribution in [-0.4, -0.2) is 29.9 Å². The molecule has 0 heterocycles. The Morgan fingerprint density at radius 1 is 1.17 bits per heavy atom. The molecule has 1 rings (SSSR count). The average Bonchev–Trinajstić information content (AvgIpc) is 2.57. The van der Waals surface area contributed by atoms with Crippen molar-refractivity contribution in [3.8, 4) is 0 Å². The minimum atomic E-state index is -0.277. The Hall–Kier alpha value is -0.570. The maximum absolute atomic E-state index is 12.6. The fourth-order valence-corrected chi connectivity index (χ4v) is 2.71. The first kappa shape index (κ1) is 15.5.